The lowest BCUT2D eigenvalue weighted by molar-refractivity contribution is -0.142. The molecule has 94 valence electrons. The number of hydrogen-bond donors (Lipinski definition) is 0. The average molecular weight is 234 g/mol. The van der Waals surface area contributed by atoms with E-state index in [0.29, 0.717) is 5.92 Å². The van der Waals surface area contributed by atoms with Crippen LogP contribution in [0.15, 0.2) is 23.3 Å². The van der Waals surface area contributed by atoms with Gasteiger partial charge in [0.2, 0.25) is 0 Å². The molecule has 2 aliphatic rings. The SMILES string of the molecule is C/C1=C/[C@H]2OC(=O)C(C)[C@@H]2CC/C(C)=C\CC1. The third kappa shape index (κ3) is 2.80. The molecule has 0 saturated carbocycles. The van der Waals surface area contributed by atoms with Gasteiger partial charge >= 0.3 is 5.97 Å². The van der Waals surface area contributed by atoms with Crippen molar-refractivity contribution in [3.63, 3.8) is 0 Å². The fraction of sp³-hybridized carbons (Fsp3) is 0.667. The normalized spacial score (nSPS) is 40.6. The van der Waals surface area contributed by atoms with Crippen molar-refractivity contribution in [3.05, 3.63) is 23.3 Å². The first-order valence-corrected chi connectivity index (χ1v) is 6.61. The average Bonchev–Trinajstić information content (AvgIpc) is 2.52. The number of esters is 1. The Bertz CT molecular complexity index is 365. The zero-order chi connectivity index (χ0) is 12.4. The second-order valence-corrected chi connectivity index (χ2v) is 5.49. The summed E-state index contributed by atoms with van der Waals surface area (Å²) in [6.45, 7) is 6.33. The van der Waals surface area contributed by atoms with Crippen molar-refractivity contribution in [1.82, 2.24) is 0 Å². The van der Waals surface area contributed by atoms with Gasteiger partial charge in [-0.15, -0.1) is 0 Å². The monoisotopic (exact) mass is 234 g/mol. The lowest BCUT2D eigenvalue weighted by Crippen LogP contribution is -2.18. The van der Waals surface area contributed by atoms with Gasteiger partial charge in [0.15, 0.2) is 0 Å². The summed E-state index contributed by atoms with van der Waals surface area (Å²) in [6, 6.07) is 0. The lowest BCUT2D eigenvalue weighted by Gasteiger charge is -2.19. The molecule has 1 heterocycles. The molecule has 0 aromatic carbocycles. The minimum Gasteiger partial charge on any atom is -0.458 e. The molecule has 2 rings (SSSR count). The van der Waals surface area contributed by atoms with Crippen LogP contribution in [-0.4, -0.2) is 12.1 Å². The van der Waals surface area contributed by atoms with Crippen LogP contribution in [0.4, 0.5) is 0 Å². The van der Waals surface area contributed by atoms with Gasteiger partial charge in [-0.3, -0.25) is 4.79 Å². The molecule has 17 heavy (non-hydrogen) atoms. The predicted octanol–water partition coefficient (Wildman–Crippen LogP) is 3.63. The van der Waals surface area contributed by atoms with Gasteiger partial charge in [0.1, 0.15) is 6.10 Å². The number of carbonyl (C=O) groups excluding carboxylic acids is 1. The van der Waals surface area contributed by atoms with Crippen molar-refractivity contribution in [1.29, 1.82) is 0 Å². The standard InChI is InChI=1S/C15H22O2/c1-10-5-4-6-11(2)9-14-13(8-7-10)12(3)15(16)17-14/h5,9,12-14H,4,6-8H2,1-3H3/b10-5-,11-9-/t12?,13-,14+/m0/s1. The zero-order valence-electron chi connectivity index (χ0n) is 11.0. The number of allylic oxidation sites excluding steroid dienone is 3. The predicted molar refractivity (Wildman–Crippen MR) is 68.5 cm³/mol. The van der Waals surface area contributed by atoms with Crippen molar-refractivity contribution in [2.75, 3.05) is 0 Å². The van der Waals surface area contributed by atoms with Crippen molar-refractivity contribution < 1.29 is 9.53 Å². The molecule has 0 aromatic rings. The summed E-state index contributed by atoms with van der Waals surface area (Å²) < 4.78 is 5.48. The van der Waals surface area contributed by atoms with Gasteiger partial charge in [0.05, 0.1) is 5.92 Å². The van der Waals surface area contributed by atoms with Crippen LogP contribution < -0.4 is 0 Å². The third-order valence-electron chi connectivity index (χ3n) is 4.04. The van der Waals surface area contributed by atoms with Crippen LogP contribution in [0, 0.1) is 11.8 Å². The minimum atomic E-state index is -0.0232. The Balaban J connectivity index is 2.21. The van der Waals surface area contributed by atoms with E-state index in [2.05, 4.69) is 26.0 Å². The summed E-state index contributed by atoms with van der Waals surface area (Å²) in [5.74, 6) is 0.389. The number of rotatable bonds is 0. The van der Waals surface area contributed by atoms with E-state index >= 15 is 0 Å². The molecule has 0 N–H and O–H groups in total. The number of hydrogen-bond acceptors (Lipinski definition) is 2. The summed E-state index contributed by atoms with van der Waals surface area (Å²) in [6.07, 6.45) is 8.85. The van der Waals surface area contributed by atoms with Crippen LogP contribution >= 0.6 is 0 Å². The minimum absolute atomic E-state index is 0.0170. The summed E-state index contributed by atoms with van der Waals surface area (Å²) >= 11 is 0. The van der Waals surface area contributed by atoms with Crippen molar-refractivity contribution in [3.8, 4) is 0 Å². The fourth-order valence-corrected chi connectivity index (χ4v) is 2.77. The van der Waals surface area contributed by atoms with E-state index in [1.54, 1.807) is 0 Å². The van der Waals surface area contributed by atoms with Crippen LogP contribution in [0.1, 0.15) is 46.5 Å². The lowest BCUT2D eigenvalue weighted by atomic mass is 9.85. The molecule has 1 fully saturated rings. The van der Waals surface area contributed by atoms with E-state index in [1.807, 2.05) is 6.92 Å². The number of carbonyl (C=O) groups is 1. The van der Waals surface area contributed by atoms with E-state index in [9.17, 15) is 4.79 Å². The Morgan fingerprint density at radius 2 is 2.00 bits per heavy atom. The molecule has 2 heteroatoms. The Morgan fingerprint density at radius 3 is 2.76 bits per heavy atom. The molecular formula is C15H22O2. The van der Waals surface area contributed by atoms with Crippen LogP contribution in [0.25, 0.3) is 0 Å². The Kier molecular flexibility index (Phi) is 3.70. The third-order valence-corrected chi connectivity index (χ3v) is 4.04. The molecule has 1 aliphatic heterocycles. The smallest absolute Gasteiger partial charge is 0.309 e. The highest BCUT2D eigenvalue weighted by molar-refractivity contribution is 5.75. The molecule has 2 nitrogen and oxygen atoms in total. The summed E-state index contributed by atoms with van der Waals surface area (Å²) in [4.78, 5) is 11.7. The van der Waals surface area contributed by atoms with E-state index in [4.69, 9.17) is 4.74 Å². The molecule has 3 atom stereocenters. The molecule has 1 unspecified atom stereocenters. The summed E-state index contributed by atoms with van der Waals surface area (Å²) in [5.41, 5.74) is 2.79. The Labute approximate surface area is 104 Å². The quantitative estimate of drug-likeness (QED) is 0.472. The Morgan fingerprint density at radius 1 is 1.24 bits per heavy atom. The van der Waals surface area contributed by atoms with Crippen LogP contribution in [0.3, 0.4) is 0 Å². The van der Waals surface area contributed by atoms with Gasteiger partial charge in [-0.2, -0.15) is 0 Å². The number of fused-ring (bicyclic) bond motifs is 1. The highest BCUT2D eigenvalue weighted by Crippen LogP contribution is 2.35. The largest absolute Gasteiger partial charge is 0.458 e. The highest BCUT2D eigenvalue weighted by atomic mass is 16.6. The van der Waals surface area contributed by atoms with Gasteiger partial charge in [-0.05, 0) is 45.6 Å². The first-order chi connectivity index (χ1) is 8.08. The molecule has 0 aromatic heterocycles. The fourth-order valence-electron chi connectivity index (χ4n) is 2.77. The van der Waals surface area contributed by atoms with E-state index in [1.165, 1.54) is 11.1 Å². The molecule has 0 spiro atoms. The molecule has 0 bridgehead atoms. The second-order valence-electron chi connectivity index (χ2n) is 5.49. The van der Waals surface area contributed by atoms with E-state index in [0.717, 1.165) is 25.7 Å². The van der Waals surface area contributed by atoms with Gasteiger partial charge in [0, 0.05) is 5.92 Å². The maximum Gasteiger partial charge on any atom is 0.309 e. The van der Waals surface area contributed by atoms with Gasteiger partial charge in [-0.1, -0.05) is 24.1 Å². The van der Waals surface area contributed by atoms with Crippen LogP contribution in [0.5, 0.6) is 0 Å². The van der Waals surface area contributed by atoms with Gasteiger partial charge < -0.3 is 4.74 Å². The van der Waals surface area contributed by atoms with E-state index < -0.39 is 0 Å². The summed E-state index contributed by atoms with van der Waals surface area (Å²) in [5, 5.41) is 0. The maximum absolute atomic E-state index is 11.7. The van der Waals surface area contributed by atoms with E-state index in [-0.39, 0.29) is 18.0 Å². The maximum atomic E-state index is 11.7. The zero-order valence-corrected chi connectivity index (χ0v) is 11.0. The first kappa shape index (κ1) is 12.4. The van der Waals surface area contributed by atoms with Crippen molar-refractivity contribution in [2.24, 2.45) is 11.8 Å². The molecule has 1 aliphatic carbocycles. The summed E-state index contributed by atoms with van der Waals surface area (Å²) in [7, 11) is 0. The van der Waals surface area contributed by atoms with Gasteiger partial charge in [0.25, 0.3) is 0 Å². The topological polar surface area (TPSA) is 26.3 Å². The van der Waals surface area contributed by atoms with Crippen LogP contribution in [0.2, 0.25) is 0 Å². The Hall–Kier alpha value is -1.05. The molecule has 1 saturated heterocycles. The van der Waals surface area contributed by atoms with Crippen molar-refractivity contribution in [2.45, 2.75) is 52.6 Å². The molecule has 0 amide bonds. The number of ether oxygens (including phenoxy) is 1. The van der Waals surface area contributed by atoms with Gasteiger partial charge in [-0.25, -0.2) is 0 Å². The van der Waals surface area contributed by atoms with Crippen molar-refractivity contribution >= 4 is 5.97 Å². The highest BCUT2D eigenvalue weighted by Gasteiger charge is 2.40. The molecule has 0 radical (unpaired) electrons. The van der Waals surface area contributed by atoms with Crippen LogP contribution in [-0.2, 0) is 9.53 Å². The molecular weight excluding hydrogens is 212 g/mol. The second kappa shape index (κ2) is 5.07. The first-order valence-electron chi connectivity index (χ1n) is 6.61.